The molecule has 0 aliphatic heterocycles. The first-order chi connectivity index (χ1) is 9.41. The fraction of sp³-hybridized carbons (Fsp3) is 0.0667. The van der Waals surface area contributed by atoms with E-state index in [1.165, 1.54) is 24.3 Å². The molecular weight excluding hydrogens is 263 g/mol. The quantitative estimate of drug-likeness (QED) is 0.901. The van der Waals surface area contributed by atoms with Crippen molar-refractivity contribution in [2.45, 2.75) is 6.92 Å². The predicted octanol–water partition coefficient (Wildman–Crippen LogP) is 3.20. The molecule has 0 aliphatic carbocycles. The summed E-state index contributed by atoms with van der Waals surface area (Å²) in [6.07, 6.45) is 0. The van der Waals surface area contributed by atoms with Crippen LogP contribution in [-0.4, -0.2) is 22.2 Å². The summed E-state index contributed by atoms with van der Waals surface area (Å²) < 4.78 is 13.0. The van der Waals surface area contributed by atoms with Crippen LogP contribution < -0.4 is 0 Å². The third-order valence-corrected chi connectivity index (χ3v) is 2.99. The van der Waals surface area contributed by atoms with Crippen LogP contribution in [0.3, 0.4) is 0 Å². The van der Waals surface area contributed by atoms with Crippen molar-refractivity contribution in [2.24, 2.45) is 0 Å². The maximum atomic E-state index is 13.0. The van der Waals surface area contributed by atoms with Crippen LogP contribution in [0.4, 0.5) is 4.39 Å². The fourth-order valence-electron chi connectivity index (χ4n) is 2.08. The van der Waals surface area contributed by atoms with Crippen molar-refractivity contribution in [3.05, 3.63) is 58.9 Å². The molecule has 0 heterocycles. The Balaban J connectivity index is 2.83. The summed E-state index contributed by atoms with van der Waals surface area (Å²) in [6.45, 7) is 1.59. The van der Waals surface area contributed by atoms with Crippen molar-refractivity contribution in [2.75, 3.05) is 0 Å². The van der Waals surface area contributed by atoms with Gasteiger partial charge < -0.3 is 10.2 Å². The number of aromatic carboxylic acids is 2. The van der Waals surface area contributed by atoms with Crippen LogP contribution >= 0.6 is 0 Å². The standard InChI is InChI=1S/C15H11FO4/c1-8-2-7-11(14(17)18)13(12(8)15(19)20)9-3-5-10(16)6-4-9/h2-7H,1H3,(H,17,18)(H,19,20). The minimum Gasteiger partial charge on any atom is -0.478 e. The van der Waals surface area contributed by atoms with Crippen molar-refractivity contribution in [3.63, 3.8) is 0 Å². The maximum Gasteiger partial charge on any atom is 0.336 e. The second kappa shape index (κ2) is 5.13. The molecule has 0 radical (unpaired) electrons. The molecule has 4 nitrogen and oxygen atoms in total. The van der Waals surface area contributed by atoms with E-state index in [2.05, 4.69) is 0 Å². The van der Waals surface area contributed by atoms with E-state index >= 15 is 0 Å². The van der Waals surface area contributed by atoms with E-state index in [0.29, 0.717) is 11.1 Å². The van der Waals surface area contributed by atoms with Gasteiger partial charge in [0.05, 0.1) is 11.1 Å². The monoisotopic (exact) mass is 274 g/mol. The topological polar surface area (TPSA) is 74.6 Å². The van der Waals surface area contributed by atoms with Gasteiger partial charge in [-0.05, 0) is 36.2 Å². The molecule has 5 heteroatoms. The van der Waals surface area contributed by atoms with Gasteiger partial charge in [-0.3, -0.25) is 0 Å². The average molecular weight is 274 g/mol. The van der Waals surface area contributed by atoms with Crippen LogP contribution in [-0.2, 0) is 0 Å². The van der Waals surface area contributed by atoms with Crippen molar-refractivity contribution >= 4 is 11.9 Å². The predicted molar refractivity (Wildman–Crippen MR) is 70.5 cm³/mol. The lowest BCUT2D eigenvalue weighted by Gasteiger charge is -2.12. The van der Waals surface area contributed by atoms with Crippen molar-refractivity contribution < 1.29 is 24.2 Å². The van der Waals surface area contributed by atoms with Crippen LogP contribution in [0.1, 0.15) is 26.3 Å². The Hall–Kier alpha value is -2.69. The lowest BCUT2D eigenvalue weighted by molar-refractivity contribution is 0.0695. The second-order valence-electron chi connectivity index (χ2n) is 4.30. The molecule has 0 spiro atoms. The van der Waals surface area contributed by atoms with Crippen LogP contribution in [0.2, 0.25) is 0 Å². The van der Waals surface area contributed by atoms with Crippen molar-refractivity contribution in [1.29, 1.82) is 0 Å². The number of benzene rings is 2. The highest BCUT2D eigenvalue weighted by atomic mass is 19.1. The highest BCUT2D eigenvalue weighted by Crippen LogP contribution is 2.30. The number of carbonyl (C=O) groups is 2. The molecule has 2 aromatic rings. The fourth-order valence-corrected chi connectivity index (χ4v) is 2.08. The summed E-state index contributed by atoms with van der Waals surface area (Å²) in [5.41, 5.74) is 0.674. The molecule has 2 N–H and O–H groups in total. The summed E-state index contributed by atoms with van der Waals surface area (Å²) in [4.78, 5) is 22.7. The lowest BCUT2D eigenvalue weighted by atomic mass is 9.91. The van der Waals surface area contributed by atoms with E-state index in [-0.39, 0.29) is 16.7 Å². The highest BCUT2D eigenvalue weighted by molar-refractivity contribution is 6.05. The Morgan fingerprint density at radius 1 is 0.950 bits per heavy atom. The number of hydrogen-bond acceptors (Lipinski definition) is 2. The Kier molecular flexibility index (Phi) is 3.52. The van der Waals surface area contributed by atoms with Crippen LogP contribution in [0.5, 0.6) is 0 Å². The van der Waals surface area contributed by atoms with Gasteiger partial charge in [0, 0.05) is 5.56 Å². The summed E-state index contributed by atoms with van der Waals surface area (Å²) in [6, 6.07) is 7.85. The molecular formula is C15H11FO4. The lowest BCUT2D eigenvalue weighted by Crippen LogP contribution is -2.09. The van der Waals surface area contributed by atoms with E-state index in [1.54, 1.807) is 6.92 Å². The number of carboxylic acid groups (broad SMARTS) is 2. The third kappa shape index (κ3) is 2.38. The minimum atomic E-state index is -1.23. The number of halogens is 1. The van der Waals surface area contributed by atoms with Crippen LogP contribution in [0.15, 0.2) is 36.4 Å². The zero-order chi connectivity index (χ0) is 14.9. The number of hydrogen-bond donors (Lipinski definition) is 2. The summed E-state index contributed by atoms with van der Waals surface area (Å²) in [5.74, 6) is -2.92. The van der Waals surface area contributed by atoms with E-state index in [4.69, 9.17) is 0 Å². The molecule has 0 amide bonds. The Morgan fingerprint density at radius 3 is 2.05 bits per heavy atom. The van der Waals surface area contributed by atoms with Gasteiger partial charge in [0.1, 0.15) is 5.82 Å². The van der Waals surface area contributed by atoms with Crippen LogP contribution in [0, 0.1) is 12.7 Å². The molecule has 0 saturated carbocycles. The number of carboxylic acids is 2. The molecule has 2 aromatic carbocycles. The SMILES string of the molecule is Cc1ccc(C(=O)O)c(-c2ccc(F)cc2)c1C(=O)O. The van der Waals surface area contributed by atoms with Gasteiger partial charge in [-0.15, -0.1) is 0 Å². The van der Waals surface area contributed by atoms with Gasteiger partial charge >= 0.3 is 11.9 Å². The molecule has 102 valence electrons. The molecule has 0 aromatic heterocycles. The van der Waals surface area contributed by atoms with E-state index < -0.39 is 17.8 Å². The second-order valence-corrected chi connectivity index (χ2v) is 4.30. The zero-order valence-electron chi connectivity index (χ0n) is 10.6. The third-order valence-electron chi connectivity index (χ3n) is 2.99. The molecule has 0 bridgehead atoms. The Bertz CT molecular complexity index is 690. The zero-order valence-corrected chi connectivity index (χ0v) is 10.6. The molecule has 0 fully saturated rings. The highest BCUT2D eigenvalue weighted by Gasteiger charge is 2.21. The van der Waals surface area contributed by atoms with Gasteiger partial charge in [-0.2, -0.15) is 0 Å². The first kappa shape index (κ1) is 13.7. The summed E-state index contributed by atoms with van der Waals surface area (Å²) >= 11 is 0. The number of aryl methyl sites for hydroxylation is 1. The largest absolute Gasteiger partial charge is 0.478 e. The number of rotatable bonds is 3. The van der Waals surface area contributed by atoms with E-state index in [9.17, 15) is 24.2 Å². The van der Waals surface area contributed by atoms with Gasteiger partial charge in [0.2, 0.25) is 0 Å². The van der Waals surface area contributed by atoms with Gasteiger partial charge in [0.25, 0.3) is 0 Å². The van der Waals surface area contributed by atoms with Gasteiger partial charge in [-0.25, -0.2) is 14.0 Å². The molecule has 2 rings (SSSR count). The van der Waals surface area contributed by atoms with Gasteiger partial charge in [0.15, 0.2) is 0 Å². The summed E-state index contributed by atoms with van der Waals surface area (Å²) in [7, 11) is 0. The maximum absolute atomic E-state index is 13.0. The Labute approximate surface area is 114 Å². The van der Waals surface area contributed by atoms with E-state index in [1.807, 2.05) is 0 Å². The molecule has 0 saturated heterocycles. The van der Waals surface area contributed by atoms with Crippen molar-refractivity contribution in [1.82, 2.24) is 0 Å². The smallest absolute Gasteiger partial charge is 0.336 e. The summed E-state index contributed by atoms with van der Waals surface area (Å²) in [5, 5.41) is 18.5. The van der Waals surface area contributed by atoms with Crippen LogP contribution in [0.25, 0.3) is 11.1 Å². The minimum absolute atomic E-state index is 0.0866. The average Bonchev–Trinajstić information content (AvgIpc) is 2.38. The molecule has 0 aliphatic rings. The Morgan fingerprint density at radius 2 is 1.55 bits per heavy atom. The normalized spacial score (nSPS) is 10.3. The molecule has 0 unspecified atom stereocenters. The van der Waals surface area contributed by atoms with Gasteiger partial charge in [-0.1, -0.05) is 18.2 Å². The first-order valence-corrected chi connectivity index (χ1v) is 5.78. The van der Waals surface area contributed by atoms with E-state index in [0.717, 1.165) is 12.1 Å². The molecule has 0 atom stereocenters. The van der Waals surface area contributed by atoms with Crippen molar-refractivity contribution in [3.8, 4) is 11.1 Å². The molecule has 20 heavy (non-hydrogen) atoms. The first-order valence-electron chi connectivity index (χ1n) is 5.78.